The Morgan fingerprint density at radius 1 is 1.21 bits per heavy atom. The average molecular weight is 385 g/mol. The molecule has 0 spiro atoms. The predicted octanol–water partition coefficient (Wildman–Crippen LogP) is 2.93. The van der Waals surface area contributed by atoms with E-state index in [4.69, 9.17) is 0 Å². The van der Waals surface area contributed by atoms with Gasteiger partial charge in [-0.05, 0) is 36.1 Å². The molecule has 0 bridgehead atoms. The Balaban J connectivity index is 2.09. The van der Waals surface area contributed by atoms with Gasteiger partial charge in [-0.25, -0.2) is 8.42 Å². The highest BCUT2D eigenvalue weighted by Gasteiger charge is 2.23. The van der Waals surface area contributed by atoms with E-state index >= 15 is 0 Å². The fraction of sp³-hybridized carbons (Fsp3) is 0.312. The maximum absolute atomic E-state index is 12.7. The topological polar surface area (TPSA) is 66.5 Å². The van der Waals surface area contributed by atoms with Crippen molar-refractivity contribution < 1.29 is 13.2 Å². The van der Waals surface area contributed by atoms with Crippen LogP contribution in [0, 0.1) is 0 Å². The third-order valence-corrected chi connectivity index (χ3v) is 7.48. The summed E-state index contributed by atoms with van der Waals surface area (Å²) >= 11 is 2.83. The number of amides is 1. The number of rotatable bonds is 7. The first-order valence-corrected chi connectivity index (χ1v) is 10.7. The van der Waals surface area contributed by atoms with Crippen LogP contribution < -0.4 is 5.32 Å². The molecule has 0 fully saturated rings. The summed E-state index contributed by atoms with van der Waals surface area (Å²) in [5.74, 6) is -0.140. The molecule has 0 saturated carbocycles. The molecule has 0 radical (unpaired) electrons. The molecule has 24 heavy (non-hydrogen) atoms. The molecule has 0 saturated heterocycles. The zero-order valence-electron chi connectivity index (χ0n) is 13.8. The Kier molecular flexibility index (Phi) is 6.45. The minimum Gasteiger partial charge on any atom is -0.351 e. The van der Waals surface area contributed by atoms with Crippen molar-refractivity contribution in [1.82, 2.24) is 9.62 Å². The van der Waals surface area contributed by atoms with E-state index in [9.17, 15) is 13.2 Å². The number of nitrogens with one attached hydrogen (secondary N) is 1. The predicted molar refractivity (Wildman–Crippen MR) is 98.7 cm³/mol. The van der Waals surface area contributed by atoms with Gasteiger partial charge >= 0.3 is 0 Å². The molecular formula is C16H20N2O3S3. The first-order valence-electron chi connectivity index (χ1n) is 7.25. The zero-order chi connectivity index (χ0) is 17.7. The van der Waals surface area contributed by atoms with E-state index in [1.807, 2.05) is 30.5 Å². The summed E-state index contributed by atoms with van der Waals surface area (Å²) in [5, 5.41) is 2.67. The van der Waals surface area contributed by atoms with Gasteiger partial charge in [0.25, 0.3) is 10.0 Å². The minimum absolute atomic E-state index is 0.140. The standard InChI is InChI=1S/C16H20N2O3S3/c1-12(19)17-10-15-8-9-16(23-15)24(20,21)18(2)11-13-4-6-14(22-3)7-5-13/h4-9H,10-11H2,1-3H3,(H,17,19). The molecule has 0 unspecified atom stereocenters. The van der Waals surface area contributed by atoms with E-state index in [-0.39, 0.29) is 10.1 Å². The fourth-order valence-corrected chi connectivity index (χ4v) is 5.10. The van der Waals surface area contributed by atoms with Gasteiger partial charge in [0, 0.05) is 30.3 Å². The minimum atomic E-state index is -3.54. The van der Waals surface area contributed by atoms with Crippen LogP contribution in [0.4, 0.5) is 0 Å². The van der Waals surface area contributed by atoms with Gasteiger partial charge in [-0.1, -0.05) is 12.1 Å². The fourth-order valence-electron chi connectivity index (χ4n) is 2.03. The van der Waals surface area contributed by atoms with Crippen LogP contribution in [-0.2, 0) is 27.9 Å². The van der Waals surface area contributed by atoms with Crippen LogP contribution in [0.1, 0.15) is 17.4 Å². The van der Waals surface area contributed by atoms with Crippen LogP contribution in [0.3, 0.4) is 0 Å². The third-order valence-electron chi connectivity index (χ3n) is 3.38. The molecule has 1 aromatic heterocycles. The number of hydrogen-bond donors (Lipinski definition) is 1. The SMILES string of the molecule is CSc1ccc(CN(C)S(=O)(=O)c2ccc(CNC(C)=O)s2)cc1. The highest BCUT2D eigenvalue weighted by Crippen LogP contribution is 2.25. The summed E-state index contributed by atoms with van der Waals surface area (Å²) in [6.45, 7) is 2.09. The second-order valence-electron chi connectivity index (χ2n) is 5.24. The van der Waals surface area contributed by atoms with Crippen molar-refractivity contribution in [2.24, 2.45) is 0 Å². The molecule has 2 aromatic rings. The second-order valence-corrected chi connectivity index (χ2v) is 9.56. The Labute approximate surface area is 151 Å². The highest BCUT2D eigenvalue weighted by atomic mass is 32.2. The lowest BCUT2D eigenvalue weighted by Gasteiger charge is -2.16. The molecule has 0 aliphatic rings. The number of carbonyl (C=O) groups excluding carboxylic acids is 1. The van der Waals surface area contributed by atoms with Crippen molar-refractivity contribution in [2.75, 3.05) is 13.3 Å². The Morgan fingerprint density at radius 2 is 1.88 bits per heavy atom. The van der Waals surface area contributed by atoms with Crippen LogP contribution in [0.5, 0.6) is 0 Å². The number of nitrogens with zero attached hydrogens (tertiary/aromatic N) is 1. The van der Waals surface area contributed by atoms with Gasteiger partial charge in [-0.15, -0.1) is 23.1 Å². The summed E-state index contributed by atoms with van der Waals surface area (Å²) in [6.07, 6.45) is 2.00. The molecule has 0 aliphatic carbocycles. The van der Waals surface area contributed by atoms with Gasteiger partial charge in [-0.2, -0.15) is 4.31 Å². The van der Waals surface area contributed by atoms with Gasteiger partial charge in [-0.3, -0.25) is 4.79 Å². The monoisotopic (exact) mass is 384 g/mol. The molecule has 130 valence electrons. The summed E-state index contributed by atoms with van der Waals surface area (Å²) in [4.78, 5) is 12.9. The van der Waals surface area contributed by atoms with E-state index in [1.165, 1.54) is 22.6 Å². The molecule has 5 nitrogen and oxygen atoms in total. The third kappa shape index (κ3) is 4.83. The Bertz CT molecular complexity index is 798. The van der Waals surface area contributed by atoms with Crippen molar-refractivity contribution in [3.05, 3.63) is 46.8 Å². The van der Waals surface area contributed by atoms with Gasteiger partial charge in [0.2, 0.25) is 5.91 Å². The van der Waals surface area contributed by atoms with Crippen LogP contribution >= 0.6 is 23.1 Å². The molecule has 8 heteroatoms. The summed E-state index contributed by atoms with van der Waals surface area (Å²) in [7, 11) is -1.96. The zero-order valence-corrected chi connectivity index (χ0v) is 16.2. The number of thiophene rings is 1. The van der Waals surface area contributed by atoms with E-state index < -0.39 is 10.0 Å². The van der Waals surface area contributed by atoms with Gasteiger partial charge in [0.1, 0.15) is 4.21 Å². The molecule has 1 N–H and O–H groups in total. The largest absolute Gasteiger partial charge is 0.351 e. The lowest BCUT2D eigenvalue weighted by molar-refractivity contribution is -0.119. The highest BCUT2D eigenvalue weighted by molar-refractivity contribution is 7.98. The van der Waals surface area contributed by atoms with Crippen LogP contribution in [0.25, 0.3) is 0 Å². The second kappa shape index (κ2) is 8.15. The smallest absolute Gasteiger partial charge is 0.252 e. The molecule has 0 aliphatic heterocycles. The first-order chi connectivity index (χ1) is 11.3. The van der Waals surface area contributed by atoms with Crippen LogP contribution in [0.2, 0.25) is 0 Å². The van der Waals surface area contributed by atoms with Gasteiger partial charge in [0.15, 0.2) is 0 Å². The average Bonchev–Trinajstić information content (AvgIpc) is 3.03. The summed E-state index contributed by atoms with van der Waals surface area (Å²) in [6, 6.07) is 11.2. The molecule has 1 heterocycles. The number of benzene rings is 1. The van der Waals surface area contributed by atoms with Crippen molar-refractivity contribution in [2.45, 2.75) is 29.1 Å². The van der Waals surface area contributed by atoms with E-state index in [0.29, 0.717) is 13.1 Å². The van der Waals surface area contributed by atoms with Crippen molar-refractivity contribution in [3.63, 3.8) is 0 Å². The maximum Gasteiger partial charge on any atom is 0.252 e. The Hall–Kier alpha value is -1.35. The van der Waals surface area contributed by atoms with E-state index in [1.54, 1.807) is 30.9 Å². The molecular weight excluding hydrogens is 364 g/mol. The number of thioether (sulfide) groups is 1. The van der Waals surface area contributed by atoms with Crippen LogP contribution in [0.15, 0.2) is 45.5 Å². The summed E-state index contributed by atoms with van der Waals surface area (Å²) in [5.41, 5.74) is 0.939. The first kappa shape index (κ1) is 19.0. The van der Waals surface area contributed by atoms with Gasteiger partial charge < -0.3 is 5.32 Å². The van der Waals surface area contributed by atoms with Crippen molar-refractivity contribution >= 4 is 39.0 Å². The maximum atomic E-state index is 12.7. The Morgan fingerprint density at radius 3 is 2.46 bits per heavy atom. The van der Waals surface area contributed by atoms with E-state index in [0.717, 1.165) is 15.3 Å². The molecule has 1 amide bonds. The van der Waals surface area contributed by atoms with Crippen molar-refractivity contribution in [1.29, 1.82) is 0 Å². The van der Waals surface area contributed by atoms with E-state index in [2.05, 4.69) is 5.32 Å². The lowest BCUT2D eigenvalue weighted by Crippen LogP contribution is -2.25. The number of sulfonamides is 1. The molecule has 2 rings (SSSR count). The van der Waals surface area contributed by atoms with Gasteiger partial charge in [0.05, 0.1) is 6.54 Å². The normalized spacial score (nSPS) is 11.7. The number of carbonyl (C=O) groups is 1. The quantitative estimate of drug-likeness (QED) is 0.746. The molecule has 1 aromatic carbocycles. The van der Waals surface area contributed by atoms with Crippen molar-refractivity contribution in [3.8, 4) is 0 Å². The lowest BCUT2D eigenvalue weighted by atomic mass is 10.2. The van der Waals surface area contributed by atoms with Crippen LogP contribution in [-0.4, -0.2) is 31.9 Å². The number of hydrogen-bond acceptors (Lipinski definition) is 5. The summed E-state index contributed by atoms with van der Waals surface area (Å²) < 4.78 is 26.9. The molecule has 0 atom stereocenters.